The van der Waals surface area contributed by atoms with E-state index >= 15 is 0 Å². The van der Waals surface area contributed by atoms with Crippen molar-refractivity contribution < 1.29 is 14.3 Å². The van der Waals surface area contributed by atoms with Crippen molar-refractivity contribution in [3.05, 3.63) is 71.8 Å². The lowest BCUT2D eigenvalue weighted by molar-refractivity contribution is 0.102. The zero-order valence-corrected chi connectivity index (χ0v) is 15.8. The van der Waals surface area contributed by atoms with Crippen LogP contribution in [-0.2, 0) is 0 Å². The number of nitrogens with one attached hydrogen (secondary N) is 1. The van der Waals surface area contributed by atoms with Crippen LogP contribution in [0.15, 0.2) is 60.7 Å². The van der Waals surface area contributed by atoms with Gasteiger partial charge in [0.15, 0.2) is 11.5 Å². The largest absolute Gasteiger partial charge is 0.486 e. The number of aromatic nitrogens is 3. The number of nitrogens with zero attached hydrogens (tertiary/aromatic N) is 3. The van der Waals surface area contributed by atoms with Gasteiger partial charge in [-0.25, -0.2) is 0 Å². The van der Waals surface area contributed by atoms with Crippen molar-refractivity contribution in [2.24, 2.45) is 0 Å². The molecule has 144 valence electrons. The molecule has 1 amide bonds. The highest BCUT2D eigenvalue weighted by Crippen LogP contribution is 2.31. The lowest BCUT2D eigenvalue weighted by Gasteiger charge is -2.18. The third kappa shape index (κ3) is 3.27. The summed E-state index contributed by atoms with van der Waals surface area (Å²) < 4.78 is 11.1. The zero-order valence-electron chi connectivity index (χ0n) is 15.8. The van der Waals surface area contributed by atoms with Crippen LogP contribution in [0, 0.1) is 6.92 Å². The van der Waals surface area contributed by atoms with Crippen molar-refractivity contribution in [1.82, 2.24) is 15.0 Å². The summed E-state index contributed by atoms with van der Waals surface area (Å²) in [6, 6.07) is 18.6. The number of fused-ring (bicyclic) bond motifs is 2. The number of hydrogen-bond donors (Lipinski definition) is 1. The fourth-order valence-corrected chi connectivity index (χ4v) is 3.26. The number of ether oxygens (including phenoxy) is 2. The monoisotopic (exact) mass is 386 g/mol. The molecular weight excluding hydrogens is 368 g/mol. The predicted octanol–water partition coefficient (Wildman–Crippen LogP) is 3.75. The molecule has 0 aliphatic carbocycles. The average molecular weight is 386 g/mol. The molecule has 7 heteroatoms. The topological polar surface area (TPSA) is 78.3 Å². The summed E-state index contributed by atoms with van der Waals surface area (Å²) in [5, 5.41) is 12.0. The molecule has 2 heterocycles. The van der Waals surface area contributed by atoms with Gasteiger partial charge >= 0.3 is 0 Å². The standard InChI is InChI=1S/C22H18N4O3/c1-14-11-18-19(25-26(24-18)16-5-3-2-4-6-16)13-17(14)23-22(27)15-7-8-20-21(12-15)29-10-9-28-20/h2-8,11-13H,9-10H2,1H3,(H,23,27). The van der Waals surface area contributed by atoms with Gasteiger partial charge in [0, 0.05) is 11.3 Å². The van der Waals surface area contributed by atoms with E-state index in [0.717, 1.165) is 16.8 Å². The Balaban J connectivity index is 1.44. The molecule has 0 atom stereocenters. The van der Waals surface area contributed by atoms with Crippen LogP contribution in [0.2, 0.25) is 0 Å². The lowest BCUT2D eigenvalue weighted by atomic mass is 10.1. The van der Waals surface area contributed by atoms with Crippen LogP contribution in [0.3, 0.4) is 0 Å². The molecular formula is C22H18N4O3. The summed E-state index contributed by atoms with van der Waals surface area (Å²) in [7, 11) is 0. The van der Waals surface area contributed by atoms with Crippen molar-refractivity contribution in [2.75, 3.05) is 18.5 Å². The second-order valence-electron chi connectivity index (χ2n) is 6.79. The SMILES string of the molecule is Cc1cc2nn(-c3ccccc3)nc2cc1NC(=O)c1ccc2c(c1)OCCO2. The molecule has 0 bridgehead atoms. The summed E-state index contributed by atoms with van der Waals surface area (Å²) in [4.78, 5) is 14.4. The first kappa shape index (κ1) is 17.2. The number of carbonyl (C=O) groups is 1. The molecule has 1 aliphatic rings. The predicted molar refractivity (Wildman–Crippen MR) is 109 cm³/mol. The normalized spacial score (nSPS) is 12.7. The van der Waals surface area contributed by atoms with Gasteiger partial charge in [0.05, 0.1) is 5.69 Å². The molecule has 7 nitrogen and oxygen atoms in total. The van der Waals surface area contributed by atoms with E-state index in [0.29, 0.717) is 41.5 Å². The third-order valence-electron chi connectivity index (χ3n) is 4.77. The number of hydrogen-bond acceptors (Lipinski definition) is 5. The Morgan fingerprint density at radius 3 is 2.45 bits per heavy atom. The highest BCUT2D eigenvalue weighted by atomic mass is 16.6. The van der Waals surface area contributed by atoms with Crippen LogP contribution in [0.1, 0.15) is 15.9 Å². The number of benzene rings is 3. The van der Waals surface area contributed by atoms with Crippen molar-refractivity contribution >= 4 is 22.6 Å². The van der Waals surface area contributed by atoms with Gasteiger partial charge in [-0.1, -0.05) is 18.2 Å². The Hall–Kier alpha value is -3.87. The summed E-state index contributed by atoms with van der Waals surface area (Å²) in [6.07, 6.45) is 0. The fraction of sp³-hybridized carbons (Fsp3) is 0.136. The van der Waals surface area contributed by atoms with Gasteiger partial charge in [-0.3, -0.25) is 4.79 Å². The van der Waals surface area contributed by atoms with E-state index in [9.17, 15) is 4.79 Å². The lowest BCUT2D eigenvalue weighted by Crippen LogP contribution is -2.17. The van der Waals surface area contributed by atoms with Gasteiger partial charge in [0.25, 0.3) is 5.91 Å². The first-order valence-corrected chi connectivity index (χ1v) is 9.31. The number of carbonyl (C=O) groups excluding carboxylic acids is 1. The third-order valence-corrected chi connectivity index (χ3v) is 4.77. The van der Waals surface area contributed by atoms with Crippen LogP contribution in [0.5, 0.6) is 11.5 Å². The molecule has 4 aromatic rings. The minimum atomic E-state index is -0.222. The van der Waals surface area contributed by atoms with Gasteiger partial charge < -0.3 is 14.8 Å². The maximum absolute atomic E-state index is 12.8. The van der Waals surface area contributed by atoms with Crippen molar-refractivity contribution in [1.29, 1.82) is 0 Å². The molecule has 0 unspecified atom stereocenters. The van der Waals surface area contributed by atoms with E-state index in [1.807, 2.05) is 49.4 Å². The number of amides is 1. The Morgan fingerprint density at radius 1 is 0.931 bits per heavy atom. The van der Waals surface area contributed by atoms with Crippen LogP contribution < -0.4 is 14.8 Å². The summed E-state index contributed by atoms with van der Waals surface area (Å²) in [5.41, 5.74) is 4.45. The van der Waals surface area contributed by atoms with Crippen LogP contribution in [0.4, 0.5) is 5.69 Å². The van der Waals surface area contributed by atoms with E-state index < -0.39 is 0 Å². The molecule has 3 aromatic carbocycles. The quantitative estimate of drug-likeness (QED) is 0.580. The zero-order chi connectivity index (χ0) is 19.8. The fourth-order valence-electron chi connectivity index (χ4n) is 3.26. The van der Waals surface area contributed by atoms with Crippen molar-refractivity contribution in [3.8, 4) is 17.2 Å². The minimum absolute atomic E-state index is 0.222. The van der Waals surface area contributed by atoms with E-state index in [1.165, 1.54) is 0 Å². The molecule has 29 heavy (non-hydrogen) atoms. The number of rotatable bonds is 3. The van der Waals surface area contributed by atoms with Crippen molar-refractivity contribution in [2.45, 2.75) is 6.92 Å². The van der Waals surface area contributed by atoms with Crippen LogP contribution >= 0.6 is 0 Å². The van der Waals surface area contributed by atoms with Gasteiger partial charge in [-0.2, -0.15) is 4.80 Å². The smallest absolute Gasteiger partial charge is 0.255 e. The number of para-hydroxylation sites is 1. The molecule has 0 radical (unpaired) electrons. The molecule has 0 spiro atoms. The molecule has 1 aromatic heterocycles. The summed E-state index contributed by atoms with van der Waals surface area (Å²) in [5.74, 6) is 1.02. The first-order valence-electron chi connectivity index (χ1n) is 9.31. The Kier molecular flexibility index (Phi) is 4.13. The number of anilines is 1. The first-order chi connectivity index (χ1) is 14.2. The summed E-state index contributed by atoms with van der Waals surface area (Å²) >= 11 is 0. The molecule has 0 saturated heterocycles. The summed E-state index contributed by atoms with van der Waals surface area (Å²) in [6.45, 7) is 2.92. The second kappa shape index (κ2) is 6.94. The van der Waals surface area contributed by atoms with E-state index in [1.54, 1.807) is 23.0 Å². The van der Waals surface area contributed by atoms with Crippen LogP contribution in [0.25, 0.3) is 16.7 Å². The van der Waals surface area contributed by atoms with Crippen molar-refractivity contribution in [3.63, 3.8) is 0 Å². The highest BCUT2D eigenvalue weighted by Gasteiger charge is 2.16. The van der Waals surface area contributed by atoms with Gasteiger partial charge in [0.2, 0.25) is 0 Å². The highest BCUT2D eigenvalue weighted by molar-refractivity contribution is 6.05. The Bertz CT molecular complexity index is 1220. The second-order valence-corrected chi connectivity index (χ2v) is 6.79. The molecule has 1 aliphatic heterocycles. The molecule has 5 rings (SSSR count). The Morgan fingerprint density at radius 2 is 1.66 bits per heavy atom. The molecule has 1 N–H and O–H groups in total. The van der Waals surface area contributed by atoms with Gasteiger partial charge in [-0.15, -0.1) is 10.2 Å². The molecule has 0 fully saturated rings. The van der Waals surface area contributed by atoms with Gasteiger partial charge in [0.1, 0.15) is 24.2 Å². The average Bonchev–Trinajstić information content (AvgIpc) is 3.17. The van der Waals surface area contributed by atoms with E-state index in [-0.39, 0.29) is 5.91 Å². The van der Waals surface area contributed by atoms with E-state index in [4.69, 9.17) is 9.47 Å². The van der Waals surface area contributed by atoms with Crippen LogP contribution in [-0.4, -0.2) is 34.1 Å². The van der Waals surface area contributed by atoms with E-state index in [2.05, 4.69) is 15.5 Å². The maximum atomic E-state index is 12.8. The maximum Gasteiger partial charge on any atom is 0.255 e. The minimum Gasteiger partial charge on any atom is -0.486 e. The molecule has 0 saturated carbocycles. The number of aryl methyl sites for hydroxylation is 1. The Labute approximate surface area is 166 Å². The van der Waals surface area contributed by atoms with Gasteiger partial charge in [-0.05, 0) is 55.0 Å².